The number of carboxylic acid groups (broad SMARTS) is 1. The van der Waals surface area contributed by atoms with Crippen LogP contribution in [-0.4, -0.2) is 15.6 Å². The molecule has 1 aromatic carbocycles. The zero-order valence-corrected chi connectivity index (χ0v) is 12.9. The molecule has 3 nitrogen and oxygen atoms in total. The van der Waals surface area contributed by atoms with Crippen LogP contribution in [0.25, 0.3) is 11.3 Å². The molecule has 0 fully saturated rings. The van der Waals surface area contributed by atoms with Crippen LogP contribution in [0.5, 0.6) is 0 Å². The van der Waals surface area contributed by atoms with Crippen LogP contribution in [-0.2, 0) is 6.54 Å². The normalized spacial score (nSPS) is 10.5. The number of pyridine rings is 1. The molecule has 0 aliphatic rings. The molecular weight excluding hydrogens is 282 g/mol. The number of carboxylic acids is 1. The van der Waals surface area contributed by atoms with Crippen molar-refractivity contribution in [2.45, 2.75) is 32.7 Å². The number of rotatable bonds is 6. The van der Waals surface area contributed by atoms with E-state index >= 15 is 0 Å². The molecule has 21 heavy (non-hydrogen) atoms. The molecule has 0 radical (unpaired) electrons. The van der Waals surface area contributed by atoms with Crippen LogP contribution in [0.15, 0.2) is 42.6 Å². The lowest BCUT2D eigenvalue weighted by Gasteiger charge is -2.15. The van der Waals surface area contributed by atoms with Gasteiger partial charge in [0.15, 0.2) is 0 Å². The zero-order valence-electron chi connectivity index (χ0n) is 12.1. The first-order valence-corrected chi connectivity index (χ1v) is 7.57. The standard InChI is InChI=1S/C17H19NO2S/c1-2-3-7-10-18-12-14(17(19)20)16(21)11-15(18)13-8-5-4-6-9-13/h4-6,8-9,11-12H,2-3,7,10H2,1H3,(H,19,20). The van der Waals surface area contributed by atoms with E-state index in [1.807, 2.05) is 34.9 Å². The van der Waals surface area contributed by atoms with Crippen LogP contribution in [0, 0.1) is 4.51 Å². The number of benzene rings is 1. The number of carbonyl (C=O) groups is 1. The van der Waals surface area contributed by atoms with Crippen LogP contribution in [0.3, 0.4) is 0 Å². The number of aryl methyl sites for hydroxylation is 1. The van der Waals surface area contributed by atoms with E-state index in [2.05, 4.69) is 6.92 Å². The molecule has 0 saturated carbocycles. The second-order valence-corrected chi connectivity index (χ2v) is 5.45. The maximum Gasteiger partial charge on any atom is 0.338 e. The molecule has 0 unspecified atom stereocenters. The highest BCUT2D eigenvalue weighted by molar-refractivity contribution is 7.71. The third-order valence-electron chi connectivity index (χ3n) is 3.43. The van der Waals surface area contributed by atoms with E-state index in [4.69, 9.17) is 12.2 Å². The first kappa shape index (κ1) is 15.4. The Bertz CT molecular complexity index is 677. The molecule has 2 rings (SSSR count). The van der Waals surface area contributed by atoms with E-state index in [1.54, 1.807) is 12.3 Å². The largest absolute Gasteiger partial charge is 0.478 e. The fourth-order valence-electron chi connectivity index (χ4n) is 2.31. The van der Waals surface area contributed by atoms with Crippen molar-refractivity contribution < 1.29 is 9.90 Å². The van der Waals surface area contributed by atoms with Gasteiger partial charge in [-0.3, -0.25) is 0 Å². The van der Waals surface area contributed by atoms with Crippen LogP contribution >= 0.6 is 12.2 Å². The second kappa shape index (κ2) is 7.18. The molecule has 0 amide bonds. The average Bonchev–Trinajstić information content (AvgIpc) is 2.49. The molecule has 0 aliphatic carbocycles. The third-order valence-corrected chi connectivity index (χ3v) is 3.77. The van der Waals surface area contributed by atoms with E-state index in [1.165, 1.54) is 0 Å². The Kier molecular flexibility index (Phi) is 5.28. The maximum absolute atomic E-state index is 11.3. The van der Waals surface area contributed by atoms with Crippen molar-refractivity contribution in [3.63, 3.8) is 0 Å². The highest BCUT2D eigenvalue weighted by Gasteiger charge is 2.11. The Morgan fingerprint density at radius 1 is 1.24 bits per heavy atom. The summed E-state index contributed by atoms with van der Waals surface area (Å²) in [6.07, 6.45) is 4.95. The molecule has 1 N–H and O–H groups in total. The van der Waals surface area contributed by atoms with Crippen LogP contribution < -0.4 is 0 Å². The van der Waals surface area contributed by atoms with Gasteiger partial charge in [0.05, 0.1) is 10.1 Å². The lowest BCUT2D eigenvalue weighted by Crippen LogP contribution is -2.08. The van der Waals surface area contributed by atoms with Gasteiger partial charge in [0.2, 0.25) is 0 Å². The van der Waals surface area contributed by atoms with Gasteiger partial charge in [0.1, 0.15) is 0 Å². The lowest BCUT2D eigenvalue weighted by molar-refractivity contribution is 0.0695. The van der Waals surface area contributed by atoms with Crippen molar-refractivity contribution in [2.24, 2.45) is 0 Å². The van der Waals surface area contributed by atoms with Gasteiger partial charge in [-0.2, -0.15) is 0 Å². The molecular formula is C17H19NO2S. The quantitative estimate of drug-likeness (QED) is 0.617. The highest BCUT2D eigenvalue weighted by atomic mass is 32.1. The van der Waals surface area contributed by atoms with E-state index < -0.39 is 5.97 Å². The van der Waals surface area contributed by atoms with Crippen LogP contribution in [0.2, 0.25) is 0 Å². The van der Waals surface area contributed by atoms with Gasteiger partial charge < -0.3 is 9.67 Å². The molecule has 0 aliphatic heterocycles. The molecule has 4 heteroatoms. The minimum atomic E-state index is -0.969. The monoisotopic (exact) mass is 301 g/mol. The van der Waals surface area contributed by atoms with Crippen molar-refractivity contribution in [1.82, 2.24) is 4.57 Å². The average molecular weight is 301 g/mol. The van der Waals surface area contributed by atoms with Gasteiger partial charge >= 0.3 is 5.97 Å². The SMILES string of the molecule is CCCCCn1cc(C(=O)O)c(=S)cc1-c1ccccc1. The van der Waals surface area contributed by atoms with Gasteiger partial charge in [-0.1, -0.05) is 62.3 Å². The van der Waals surface area contributed by atoms with Crippen molar-refractivity contribution >= 4 is 18.2 Å². The first-order valence-electron chi connectivity index (χ1n) is 7.16. The molecule has 1 aromatic heterocycles. The lowest BCUT2D eigenvalue weighted by atomic mass is 10.1. The van der Waals surface area contributed by atoms with E-state index in [0.29, 0.717) is 4.51 Å². The molecule has 0 atom stereocenters. The Hall–Kier alpha value is -1.94. The number of hydrogen-bond acceptors (Lipinski definition) is 2. The molecule has 2 aromatic rings. The van der Waals surface area contributed by atoms with E-state index in [9.17, 15) is 9.90 Å². The fourth-order valence-corrected chi connectivity index (χ4v) is 2.56. The zero-order chi connectivity index (χ0) is 15.2. The predicted molar refractivity (Wildman–Crippen MR) is 87.2 cm³/mol. The van der Waals surface area contributed by atoms with Gasteiger partial charge in [0.25, 0.3) is 0 Å². The second-order valence-electron chi connectivity index (χ2n) is 5.01. The van der Waals surface area contributed by atoms with Crippen LogP contribution in [0.1, 0.15) is 36.5 Å². The first-order chi connectivity index (χ1) is 10.1. The number of hydrogen-bond donors (Lipinski definition) is 1. The molecule has 110 valence electrons. The Labute approximate surface area is 129 Å². The number of aromatic carboxylic acids is 1. The summed E-state index contributed by atoms with van der Waals surface area (Å²) in [5.74, 6) is -0.969. The van der Waals surface area contributed by atoms with Crippen LogP contribution in [0.4, 0.5) is 0 Å². The van der Waals surface area contributed by atoms with Crippen molar-refractivity contribution in [2.75, 3.05) is 0 Å². The third kappa shape index (κ3) is 3.79. The smallest absolute Gasteiger partial charge is 0.338 e. The number of unbranched alkanes of at least 4 members (excludes halogenated alkanes) is 2. The van der Waals surface area contributed by atoms with Crippen molar-refractivity contribution in [3.05, 3.63) is 52.7 Å². The Morgan fingerprint density at radius 2 is 1.95 bits per heavy atom. The molecule has 0 spiro atoms. The van der Waals surface area contributed by atoms with Crippen molar-refractivity contribution in [1.29, 1.82) is 0 Å². The summed E-state index contributed by atoms with van der Waals surface area (Å²) >= 11 is 5.22. The topological polar surface area (TPSA) is 42.2 Å². The van der Waals surface area contributed by atoms with Gasteiger partial charge in [0, 0.05) is 18.4 Å². The highest BCUT2D eigenvalue weighted by Crippen LogP contribution is 2.22. The molecule has 0 bridgehead atoms. The fraction of sp³-hybridized carbons (Fsp3) is 0.294. The summed E-state index contributed by atoms with van der Waals surface area (Å²) in [6.45, 7) is 2.95. The maximum atomic E-state index is 11.3. The Morgan fingerprint density at radius 3 is 2.57 bits per heavy atom. The van der Waals surface area contributed by atoms with Crippen molar-refractivity contribution in [3.8, 4) is 11.3 Å². The number of aromatic nitrogens is 1. The minimum absolute atomic E-state index is 0.196. The molecule has 0 saturated heterocycles. The predicted octanol–water partition coefficient (Wildman–Crippen LogP) is 4.77. The summed E-state index contributed by atoms with van der Waals surface area (Å²) in [7, 11) is 0. The minimum Gasteiger partial charge on any atom is -0.478 e. The summed E-state index contributed by atoms with van der Waals surface area (Å²) < 4.78 is 2.39. The number of nitrogens with zero attached hydrogens (tertiary/aromatic N) is 1. The van der Waals surface area contributed by atoms with E-state index in [0.717, 1.165) is 37.1 Å². The van der Waals surface area contributed by atoms with E-state index in [-0.39, 0.29) is 5.56 Å². The van der Waals surface area contributed by atoms with Gasteiger partial charge in [-0.15, -0.1) is 0 Å². The van der Waals surface area contributed by atoms with Gasteiger partial charge in [-0.05, 0) is 18.1 Å². The Balaban J connectivity index is 2.49. The van der Waals surface area contributed by atoms with Gasteiger partial charge in [-0.25, -0.2) is 4.79 Å². The summed E-state index contributed by atoms with van der Waals surface area (Å²) in [4.78, 5) is 11.3. The molecule has 1 heterocycles. The summed E-state index contributed by atoms with van der Waals surface area (Å²) in [5, 5.41) is 9.24. The summed E-state index contributed by atoms with van der Waals surface area (Å²) in [6, 6.07) is 11.7. The summed E-state index contributed by atoms with van der Waals surface area (Å²) in [5.41, 5.74) is 2.22.